The lowest BCUT2D eigenvalue weighted by atomic mass is 9.98. The fourth-order valence-corrected chi connectivity index (χ4v) is 4.99. The molecule has 5 rings (SSSR count). The highest BCUT2D eigenvalue weighted by molar-refractivity contribution is 7.21. The van der Waals surface area contributed by atoms with E-state index in [9.17, 15) is 18.0 Å². The molecule has 5 aromatic rings. The van der Waals surface area contributed by atoms with Crippen molar-refractivity contribution >= 4 is 38.8 Å². The van der Waals surface area contributed by atoms with E-state index < -0.39 is 17.6 Å². The number of aromatic nitrogens is 1. The molecule has 0 atom stereocenters. The summed E-state index contributed by atoms with van der Waals surface area (Å²) in [6.07, 6.45) is -4.45. The second kappa shape index (κ2) is 9.59. The Labute approximate surface area is 214 Å². The highest BCUT2D eigenvalue weighted by Gasteiger charge is 2.30. The third kappa shape index (κ3) is 4.85. The Balaban J connectivity index is 1.66. The Hall–Kier alpha value is -4.37. The number of ether oxygens (including phenoxy) is 1. The van der Waals surface area contributed by atoms with Gasteiger partial charge in [0, 0.05) is 16.6 Å². The predicted octanol–water partition coefficient (Wildman–Crippen LogP) is 7.49. The van der Waals surface area contributed by atoms with Crippen LogP contribution in [0.1, 0.15) is 15.2 Å². The average molecular weight is 520 g/mol. The van der Waals surface area contributed by atoms with Crippen LogP contribution in [-0.2, 0) is 6.18 Å². The van der Waals surface area contributed by atoms with Crippen LogP contribution in [0.15, 0.2) is 84.9 Å². The Kier molecular flexibility index (Phi) is 6.31. The Morgan fingerprint density at radius 1 is 0.946 bits per heavy atom. The van der Waals surface area contributed by atoms with Crippen molar-refractivity contribution in [3.05, 3.63) is 95.4 Å². The van der Waals surface area contributed by atoms with Crippen LogP contribution >= 0.6 is 11.3 Å². The summed E-state index contributed by atoms with van der Waals surface area (Å²) < 4.78 is 44.8. The first-order valence-corrected chi connectivity index (χ1v) is 12.0. The van der Waals surface area contributed by atoms with Crippen LogP contribution in [0.3, 0.4) is 0 Å². The number of anilines is 2. The zero-order valence-corrected chi connectivity index (χ0v) is 20.3. The minimum Gasteiger partial charge on any atom is -0.497 e. The number of nitrogen functional groups attached to an aromatic ring is 1. The molecule has 2 heterocycles. The molecule has 0 bridgehead atoms. The number of hydrogen-bond acceptors (Lipinski definition) is 5. The van der Waals surface area contributed by atoms with Crippen molar-refractivity contribution < 1.29 is 22.7 Å². The summed E-state index contributed by atoms with van der Waals surface area (Å²) in [6, 6.07) is 22.8. The molecule has 0 unspecified atom stereocenters. The van der Waals surface area contributed by atoms with Crippen molar-refractivity contribution in [1.82, 2.24) is 4.98 Å². The topological polar surface area (TPSA) is 77.2 Å². The van der Waals surface area contributed by atoms with Crippen molar-refractivity contribution in [2.75, 3.05) is 18.2 Å². The quantitative estimate of drug-likeness (QED) is 0.252. The van der Waals surface area contributed by atoms with E-state index in [0.29, 0.717) is 38.5 Å². The number of benzene rings is 3. The second-order valence-electron chi connectivity index (χ2n) is 8.20. The van der Waals surface area contributed by atoms with Crippen molar-refractivity contribution in [2.24, 2.45) is 0 Å². The molecule has 0 spiro atoms. The summed E-state index contributed by atoms with van der Waals surface area (Å²) in [5.41, 5.74) is 9.01. The zero-order valence-electron chi connectivity index (χ0n) is 19.5. The van der Waals surface area contributed by atoms with E-state index in [4.69, 9.17) is 15.5 Å². The van der Waals surface area contributed by atoms with E-state index >= 15 is 0 Å². The number of carbonyl (C=O) groups is 1. The molecule has 9 heteroatoms. The van der Waals surface area contributed by atoms with E-state index in [2.05, 4.69) is 5.32 Å². The third-order valence-corrected chi connectivity index (χ3v) is 6.94. The van der Waals surface area contributed by atoms with Gasteiger partial charge in [-0.05, 0) is 65.7 Å². The molecule has 2 aromatic heterocycles. The second-order valence-corrected chi connectivity index (χ2v) is 9.20. The summed E-state index contributed by atoms with van der Waals surface area (Å²) in [5.74, 6) is 0.282. The van der Waals surface area contributed by atoms with E-state index in [0.717, 1.165) is 29.0 Å². The molecule has 0 saturated carbocycles. The number of carbonyl (C=O) groups excluding carboxylic acids is 1. The van der Waals surface area contributed by atoms with Gasteiger partial charge in [0.05, 0.1) is 24.1 Å². The normalized spacial score (nSPS) is 11.5. The summed E-state index contributed by atoms with van der Waals surface area (Å²) in [4.78, 5) is 18.6. The van der Waals surface area contributed by atoms with Gasteiger partial charge in [-0.3, -0.25) is 4.79 Å². The Morgan fingerprint density at radius 2 is 1.59 bits per heavy atom. The lowest BCUT2D eigenvalue weighted by Crippen LogP contribution is -2.11. The van der Waals surface area contributed by atoms with Gasteiger partial charge < -0.3 is 15.8 Å². The number of nitrogens with zero attached hydrogens (tertiary/aromatic N) is 1. The van der Waals surface area contributed by atoms with Crippen molar-refractivity contribution in [3.8, 4) is 28.1 Å². The standard InChI is InChI=1S/C28H20F3N3O2S/c1-36-20-13-9-17(10-14-20)22-15-21(16-7-11-18(12-8-16)28(29,30)31)23-24(32)25(37-27(23)34-22)26(35)33-19-5-3-2-4-6-19/h2-15H,32H2,1H3,(H,33,35). The lowest BCUT2D eigenvalue weighted by molar-refractivity contribution is -0.137. The number of alkyl halides is 3. The van der Waals surface area contributed by atoms with Gasteiger partial charge >= 0.3 is 6.18 Å². The SMILES string of the molecule is COc1ccc(-c2cc(-c3ccc(C(F)(F)F)cc3)c3c(N)c(C(=O)Nc4ccccc4)sc3n2)cc1. The first-order chi connectivity index (χ1) is 17.7. The highest BCUT2D eigenvalue weighted by atomic mass is 32.1. The van der Waals surface area contributed by atoms with Gasteiger partial charge in [0.2, 0.25) is 0 Å². The number of para-hydroxylation sites is 1. The van der Waals surface area contributed by atoms with Crippen LogP contribution in [0.5, 0.6) is 5.75 Å². The molecular weight excluding hydrogens is 499 g/mol. The van der Waals surface area contributed by atoms with Crippen molar-refractivity contribution in [1.29, 1.82) is 0 Å². The number of fused-ring (bicyclic) bond motifs is 1. The molecule has 5 nitrogen and oxygen atoms in total. The maximum absolute atomic E-state index is 13.2. The Morgan fingerprint density at radius 3 is 2.22 bits per heavy atom. The number of thiophene rings is 1. The molecule has 0 saturated heterocycles. The molecule has 0 radical (unpaired) electrons. The van der Waals surface area contributed by atoms with Crippen LogP contribution in [0.2, 0.25) is 0 Å². The number of halogens is 3. The minimum atomic E-state index is -4.45. The molecule has 0 aliphatic carbocycles. The molecule has 0 fully saturated rings. The summed E-state index contributed by atoms with van der Waals surface area (Å²) in [7, 11) is 1.57. The van der Waals surface area contributed by atoms with Gasteiger partial charge in [-0.15, -0.1) is 11.3 Å². The van der Waals surface area contributed by atoms with Gasteiger partial charge in [-0.25, -0.2) is 4.98 Å². The fourth-order valence-electron chi connectivity index (χ4n) is 3.98. The summed E-state index contributed by atoms with van der Waals surface area (Å²) in [6.45, 7) is 0. The number of nitrogens with one attached hydrogen (secondary N) is 1. The Bertz CT molecular complexity index is 1580. The number of amides is 1. The first-order valence-electron chi connectivity index (χ1n) is 11.2. The van der Waals surface area contributed by atoms with Crippen molar-refractivity contribution in [2.45, 2.75) is 6.18 Å². The largest absolute Gasteiger partial charge is 0.497 e. The summed E-state index contributed by atoms with van der Waals surface area (Å²) in [5, 5.41) is 3.34. The predicted molar refractivity (Wildman–Crippen MR) is 141 cm³/mol. The third-order valence-electron chi connectivity index (χ3n) is 5.85. The van der Waals surface area contributed by atoms with Gasteiger partial charge in [-0.2, -0.15) is 13.2 Å². The highest BCUT2D eigenvalue weighted by Crippen LogP contribution is 2.42. The molecule has 3 N–H and O–H groups in total. The van der Waals surface area contributed by atoms with E-state index in [-0.39, 0.29) is 10.6 Å². The number of nitrogens with two attached hydrogens (primary N) is 1. The van der Waals surface area contributed by atoms with E-state index in [1.165, 1.54) is 12.1 Å². The number of hydrogen-bond donors (Lipinski definition) is 2. The number of pyridine rings is 1. The van der Waals surface area contributed by atoms with Crippen molar-refractivity contribution in [3.63, 3.8) is 0 Å². The molecule has 1 amide bonds. The molecular formula is C28H20F3N3O2S. The molecule has 0 aliphatic heterocycles. The monoisotopic (exact) mass is 519 g/mol. The van der Waals surface area contributed by atoms with Crippen LogP contribution in [0.25, 0.3) is 32.6 Å². The smallest absolute Gasteiger partial charge is 0.416 e. The average Bonchev–Trinajstić information content (AvgIpc) is 3.25. The fraction of sp³-hybridized carbons (Fsp3) is 0.0714. The van der Waals surface area contributed by atoms with Crippen LogP contribution in [-0.4, -0.2) is 18.0 Å². The zero-order chi connectivity index (χ0) is 26.2. The maximum atomic E-state index is 13.2. The maximum Gasteiger partial charge on any atom is 0.416 e. The first kappa shape index (κ1) is 24.3. The lowest BCUT2D eigenvalue weighted by Gasteiger charge is -2.11. The molecule has 3 aromatic carbocycles. The van der Waals surface area contributed by atoms with Gasteiger partial charge in [0.25, 0.3) is 5.91 Å². The molecule has 186 valence electrons. The van der Waals surface area contributed by atoms with Crippen LogP contribution in [0.4, 0.5) is 24.5 Å². The molecule has 37 heavy (non-hydrogen) atoms. The number of methoxy groups -OCH3 is 1. The van der Waals surface area contributed by atoms with Gasteiger partial charge in [0.15, 0.2) is 0 Å². The minimum absolute atomic E-state index is 0.220. The molecule has 0 aliphatic rings. The van der Waals surface area contributed by atoms with Crippen LogP contribution < -0.4 is 15.8 Å². The van der Waals surface area contributed by atoms with Gasteiger partial charge in [-0.1, -0.05) is 30.3 Å². The van der Waals surface area contributed by atoms with E-state index in [1.807, 2.05) is 18.2 Å². The van der Waals surface area contributed by atoms with Crippen LogP contribution in [0, 0.1) is 0 Å². The van der Waals surface area contributed by atoms with E-state index in [1.54, 1.807) is 49.6 Å². The summed E-state index contributed by atoms with van der Waals surface area (Å²) >= 11 is 1.13. The van der Waals surface area contributed by atoms with Gasteiger partial charge in [0.1, 0.15) is 15.5 Å². The number of rotatable bonds is 5.